The minimum absolute atomic E-state index is 0. The van der Waals surface area contributed by atoms with Gasteiger partial charge in [-0.3, -0.25) is 9.79 Å². The summed E-state index contributed by atoms with van der Waals surface area (Å²) < 4.78 is 5.26. The maximum absolute atomic E-state index is 12.3. The number of guanidine groups is 1. The van der Waals surface area contributed by atoms with Crippen LogP contribution in [0.15, 0.2) is 53.5 Å². The first kappa shape index (κ1) is 22.4. The van der Waals surface area contributed by atoms with Crippen LogP contribution in [-0.4, -0.2) is 57.1 Å². The van der Waals surface area contributed by atoms with Crippen molar-refractivity contribution in [3.05, 3.63) is 59.7 Å². The summed E-state index contributed by atoms with van der Waals surface area (Å²) in [7, 11) is 3.51. The van der Waals surface area contributed by atoms with E-state index in [1.54, 1.807) is 7.11 Å². The minimum atomic E-state index is 0. The molecule has 0 spiro atoms. The Kier molecular flexibility index (Phi) is 7.58. The monoisotopic (exact) mass is 520 g/mol. The Morgan fingerprint density at radius 1 is 1.20 bits per heavy atom. The van der Waals surface area contributed by atoms with Crippen LogP contribution in [0.5, 0.6) is 5.75 Å². The number of methoxy groups -OCH3 is 1. The summed E-state index contributed by atoms with van der Waals surface area (Å²) in [4.78, 5) is 21.0. The van der Waals surface area contributed by atoms with Gasteiger partial charge in [0.2, 0.25) is 5.91 Å². The molecule has 0 aromatic heterocycles. The maximum Gasteiger partial charge on any atom is 0.231 e. The lowest BCUT2D eigenvalue weighted by atomic mass is 9.98. The van der Waals surface area contributed by atoms with Crippen molar-refractivity contribution < 1.29 is 9.53 Å². The number of nitrogens with one attached hydrogen (secondary N) is 1. The van der Waals surface area contributed by atoms with E-state index in [2.05, 4.69) is 27.3 Å². The predicted molar refractivity (Wildman–Crippen MR) is 131 cm³/mol. The summed E-state index contributed by atoms with van der Waals surface area (Å²) in [6.45, 7) is 3.24. The van der Waals surface area contributed by atoms with E-state index < -0.39 is 0 Å². The molecule has 1 unspecified atom stereocenters. The second kappa shape index (κ2) is 10.1. The molecule has 1 N–H and O–H groups in total. The lowest BCUT2D eigenvalue weighted by molar-refractivity contribution is -0.117. The molecule has 2 aliphatic rings. The van der Waals surface area contributed by atoms with Crippen LogP contribution in [0.4, 0.5) is 5.69 Å². The van der Waals surface area contributed by atoms with Crippen LogP contribution in [0.1, 0.15) is 23.5 Å². The molecule has 2 heterocycles. The Balaban J connectivity index is 0.00000256. The van der Waals surface area contributed by atoms with Crippen LogP contribution in [0.2, 0.25) is 0 Å². The molecule has 2 aliphatic heterocycles. The van der Waals surface area contributed by atoms with Crippen molar-refractivity contribution in [3.8, 4) is 5.75 Å². The summed E-state index contributed by atoms with van der Waals surface area (Å²) in [6, 6.07) is 16.4. The highest BCUT2D eigenvalue weighted by Gasteiger charge is 2.28. The van der Waals surface area contributed by atoms with Gasteiger partial charge in [-0.15, -0.1) is 24.0 Å². The van der Waals surface area contributed by atoms with E-state index >= 15 is 0 Å². The highest BCUT2D eigenvalue weighted by molar-refractivity contribution is 14.0. The number of halogens is 1. The number of likely N-dealkylation sites (tertiary alicyclic amines) is 1. The fourth-order valence-electron chi connectivity index (χ4n) is 4.27. The molecule has 0 bridgehead atoms. The van der Waals surface area contributed by atoms with Crippen molar-refractivity contribution in [2.45, 2.75) is 18.8 Å². The van der Waals surface area contributed by atoms with Gasteiger partial charge in [0.1, 0.15) is 5.75 Å². The van der Waals surface area contributed by atoms with Crippen molar-refractivity contribution >= 4 is 41.5 Å². The Bertz CT molecular complexity index is 900. The topological polar surface area (TPSA) is 57.2 Å². The second-order valence-corrected chi connectivity index (χ2v) is 7.53. The van der Waals surface area contributed by atoms with Crippen LogP contribution >= 0.6 is 24.0 Å². The van der Waals surface area contributed by atoms with Crippen molar-refractivity contribution in [3.63, 3.8) is 0 Å². The lowest BCUT2D eigenvalue weighted by Gasteiger charge is -2.24. The quantitative estimate of drug-likeness (QED) is 0.374. The number of amides is 1. The van der Waals surface area contributed by atoms with E-state index in [0.29, 0.717) is 25.4 Å². The molecule has 1 atom stereocenters. The predicted octanol–water partition coefficient (Wildman–Crippen LogP) is 3.27. The molecule has 0 radical (unpaired) electrons. The summed E-state index contributed by atoms with van der Waals surface area (Å²) in [6.07, 6.45) is 1.60. The summed E-state index contributed by atoms with van der Waals surface area (Å²) in [5.41, 5.74) is 3.49. The van der Waals surface area contributed by atoms with Gasteiger partial charge < -0.3 is 19.9 Å². The van der Waals surface area contributed by atoms with Crippen molar-refractivity contribution in [2.24, 2.45) is 4.99 Å². The molecular weight excluding hydrogens is 491 g/mol. The van der Waals surface area contributed by atoms with E-state index in [-0.39, 0.29) is 29.9 Å². The molecule has 2 aromatic carbocycles. The molecule has 7 heteroatoms. The highest BCUT2D eigenvalue weighted by Crippen LogP contribution is 2.29. The smallest absolute Gasteiger partial charge is 0.231 e. The molecule has 1 amide bonds. The molecule has 30 heavy (non-hydrogen) atoms. The van der Waals surface area contributed by atoms with Gasteiger partial charge in [-0.25, -0.2) is 0 Å². The van der Waals surface area contributed by atoms with Crippen LogP contribution in [0, 0.1) is 0 Å². The molecule has 4 rings (SSSR count). The maximum atomic E-state index is 12.3. The van der Waals surface area contributed by atoms with Crippen LogP contribution in [-0.2, 0) is 11.2 Å². The van der Waals surface area contributed by atoms with E-state index in [1.807, 2.05) is 48.3 Å². The number of hydrogen-bond donors (Lipinski definition) is 1. The molecule has 160 valence electrons. The number of carbonyl (C=O) groups is 1. The third kappa shape index (κ3) is 4.71. The van der Waals surface area contributed by atoms with Gasteiger partial charge in [0.05, 0.1) is 13.5 Å². The van der Waals surface area contributed by atoms with Gasteiger partial charge in [-0.1, -0.05) is 30.3 Å². The average molecular weight is 520 g/mol. The fraction of sp³-hybridized carbons (Fsp3) is 0.391. The first-order valence-electron chi connectivity index (χ1n) is 10.2. The van der Waals surface area contributed by atoms with Crippen molar-refractivity contribution in [1.29, 1.82) is 0 Å². The number of rotatable bonds is 5. The van der Waals surface area contributed by atoms with E-state index in [0.717, 1.165) is 42.5 Å². The Hall–Kier alpha value is -2.29. The van der Waals surface area contributed by atoms with Crippen molar-refractivity contribution in [1.82, 2.24) is 10.2 Å². The van der Waals surface area contributed by atoms with Gasteiger partial charge in [-0.2, -0.15) is 0 Å². The first-order chi connectivity index (χ1) is 14.2. The number of fused-ring (bicyclic) bond motifs is 1. The Morgan fingerprint density at radius 2 is 1.97 bits per heavy atom. The number of aliphatic imine (C=N–C) groups is 1. The van der Waals surface area contributed by atoms with Gasteiger partial charge in [0.15, 0.2) is 5.96 Å². The fourth-order valence-corrected chi connectivity index (χ4v) is 4.27. The van der Waals surface area contributed by atoms with Crippen molar-refractivity contribution in [2.75, 3.05) is 45.2 Å². The number of nitrogens with zero attached hydrogens (tertiary/aromatic N) is 3. The molecule has 0 saturated carbocycles. The molecule has 0 aliphatic carbocycles. The number of carbonyl (C=O) groups excluding carboxylic acids is 1. The van der Waals surface area contributed by atoms with E-state index in [4.69, 9.17) is 4.74 Å². The third-order valence-corrected chi connectivity index (χ3v) is 5.83. The zero-order valence-electron chi connectivity index (χ0n) is 17.5. The Labute approximate surface area is 195 Å². The Morgan fingerprint density at radius 3 is 2.70 bits per heavy atom. The lowest BCUT2D eigenvalue weighted by Crippen LogP contribution is -2.43. The number of para-hydroxylation sites is 1. The summed E-state index contributed by atoms with van der Waals surface area (Å²) >= 11 is 0. The summed E-state index contributed by atoms with van der Waals surface area (Å²) in [5.74, 6) is 2.45. The summed E-state index contributed by atoms with van der Waals surface area (Å²) in [5, 5.41) is 3.44. The number of anilines is 1. The number of hydrogen-bond acceptors (Lipinski definition) is 3. The van der Waals surface area contributed by atoms with Gasteiger partial charge in [0, 0.05) is 44.8 Å². The molecule has 1 saturated heterocycles. The second-order valence-electron chi connectivity index (χ2n) is 7.53. The van der Waals surface area contributed by atoms with Crippen LogP contribution in [0.25, 0.3) is 0 Å². The third-order valence-electron chi connectivity index (χ3n) is 5.83. The number of ether oxygens (including phenoxy) is 1. The van der Waals surface area contributed by atoms with E-state index in [9.17, 15) is 4.79 Å². The van der Waals surface area contributed by atoms with Crippen LogP contribution in [0.3, 0.4) is 0 Å². The SMILES string of the molecule is CN=C(NCCN1C(=O)Cc2ccccc21)N1CCC(c2ccc(OC)cc2)C1.I. The normalized spacial score (nSPS) is 18.3. The van der Waals surface area contributed by atoms with Gasteiger partial charge >= 0.3 is 0 Å². The highest BCUT2D eigenvalue weighted by atomic mass is 127. The standard InChI is InChI=1S/C23H28N4O2.HI/c1-24-23(25-12-14-27-21-6-4-3-5-18(21)15-22(27)28)26-13-11-19(16-26)17-7-9-20(29-2)10-8-17;/h3-10,19H,11-16H2,1-2H3,(H,24,25);1H. The largest absolute Gasteiger partial charge is 0.497 e. The molecule has 2 aromatic rings. The zero-order chi connectivity index (χ0) is 20.2. The number of benzene rings is 2. The molecule has 1 fully saturated rings. The first-order valence-corrected chi connectivity index (χ1v) is 10.2. The molecule has 6 nitrogen and oxygen atoms in total. The minimum Gasteiger partial charge on any atom is -0.497 e. The average Bonchev–Trinajstić information content (AvgIpc) is 3.36. The zero-order valence-corrected chi connectivity index (χ0v) is 19.8. The van der Waals surface area contributed by atoms with Gasteiger partial charge in [-0.05, 0) is 35.7 Å². The molecular formula is C23H29IN4O2. The van der Waals surface area contributed by atoms with Crippen LogP contribution < -0.4 is 15.0 Å². The van der Waals surface area contributed by atoms with Gasteiger partial charge in [0.25, 0.3) is 0 Å². The van der Waals surface area contributed by atoms with E-state index in [1.165, 1.54) is 5.56 Å².